The Morgan fingerprint density at radius 3 is 2.21 bits per heavy atom. The third-order valence-corrected chi connectivity index (χ3v) is 7.06. The molecule has 0 radical (unpaired) electrons. The maximum atomic E-state index is 6.42. The zero-order chi connectivity index (χ0) is 27.2. The Hall–Kier alpha value is -3.97. The molecule has 7 nitrogen and oxygen atoms in total. The normalized spacial score (nSPS) is 13.1. The minimum Gasteiger partial charge on any atom is -0.497 e. The van der Waals surface area contributed by atoms with Crippen molar-refractivity contribution < 1.29 is 23.7 Å². The van der Waals surface area contributed by atoms with Crippen LogP contribution in [0.3, 0.4) is 0 Å². The van der Waals surface area contributed by atoms with E-state index in [4.69, 9.17) is 28.7 Å². The second kappa shape index (κ2) is 12.3. The van der Waals surface area contributed by atoms with Gasteiger partial charge in [-0.2, -0.15) is 0 Å². The second-order valence-electron chi connectivity index (χ2n) is 9.61. The molecule has 0 atom stereocenters. The van der Waals surface area contributed by atoms with E-state index in [9.17, 15) is 0 Å². The van der Waals surface area contributed by atoms with E-state index in [0.717, 1.165) is 83.4 Å². The van der Waals surface area contributed by atoms with Crippen LogP contribution < -0.4 is 23.7 Å². The Kier molecular flexibility index (Phi) is 8.37. The molecular weight excluding hydrogens is 492 g/mol. The summed E-state index contributed by atoms with van der Waals surface area (Å²) < 4.78 is 28.6. The molecule has 0 N–H and O–H groups in total. The Morgan fingerprint density at radius 2 is 1.49 bits per heavy atom. The van der Waals surface area contributed by atoms with Gasteiger partial charge in [0.15, 0.2) is 11.5 Å². The van der Waals surface area contributed by atoms with E-state index in [1.807, 2.05) is 48.5 Å². The van der Waals surface area contributed by atoms with Crippen molar-refractivity contribution in [2.45, 2.75) is 26.3 Å². The summed E-state index contributed by atoms with van der Waals surface area (Å²) in [5.74, 6) is 3.98. The molecule has 0 bridgehead atoms. The monoisotopic (exact) mass is 528 g/mol. The van der Waals surface area contributed by atoms with Crippen molar-refractivity contribution in [3.05, 3.63) is 71.8 Å². The molecule has 1 aromatic heterocycles. The summed E-state index contributed by atoms with van der Waals surface area (Å²) in [6.45, 7) is 5.99. The second-order valence-corrected chi connectivity index (χ2v) is 9.61. The van der Waals surface area contributed by atoms with Crippen LogP contribution in [0.5, 0.6) is 28.7 Å². The van der Waals surface area contributed by atoms with Crippen molar-refractivity contribution in [1.82, 2.24) is 9.88 Å². The molecule has 0 saturated heterocycles. The molecule has 1 aliphatic rings. The van der Waals surface area contributed by atoms with Gasteiger partial charge in [-0.25, -0.2) is 4.98 Å². The van der Waals surface area contributed by atoms with Crippen molar-refractivity contribution in [2.75, 3.05) is 47.6 Å². The van der Waals surface area contributed by atoms with Gasteiger partial charge in [-0.05, 0) is 78.6 Å². The van der Waals surface area contributed by atoms with Crippen molar-refractivity contribution in [3.63, 3.8) is 0 Å². The standard InChI is InChI=1S/C32H36N2O5/c1-5-15-38-25-8-6-22(7-9-25)29-20-30(27-19-26(35-2)10-11-28(27)33-29)39-16-14-34-13-12-23-17-31(36-3)32(37-4)18-24(23)21-34/h6-11,17-20H,5,12-16,21H2,1-4H3. The number of aromatic nitrogens is 1. The minimum absolute atomic E-state index is 0.558. The number of fused-ring (bicyclic) bond motifs is 2. The number of hydrogen-bond acceptors (Lipinski definition) is 7. The highest BCUT2D eigenvalue weighted by atomic mass is 16.5. The maximum absolute atomic E-state index is 6.42. The first-order chi connectivity index (χ1) is 19.1. The predicted octanol–water partition coefficient (Wildman–Crippen LogP) is 6.15. The molecule has 0 saturated carbocycles. The average molecular weight is 529 g/mol. The fourth-order valence-corrected chi connectivity index (χ4v) is 4.93. The summed E-state index contributed by atoms with van der Waals surface area (Å²) in [5.41, 5.74) is 5.32. The molecule has 0 amide bonds. The average Bonchev–Trinajstić information content (AvgIpc) is 2.99. The molecule has 5 rings (SSSR count). The van der Waals surface area contributed by atoms with E-state index in [0.29, 0.717) is 13.2 Å². The molecular formula is C32H36N2O5. The Balaban J connectivity index is 1.33. The van der Waals surface area contributed by atoms with E-state index in [2.05, 4.69) is 24.0 Å². The lowest BCUT2D eigenvalue weighted by Gasteiger charge is -2.29. The van der Waals surface area contributed by atoms with Gasteiger partial charge in [0.25, 0.3) is 0 Å². The van der Waals surface area contributed by atoms with Gasteiger partial charge in [0, 0.05) is 36.7 Å². The largest absolute Gasteiger partial charge is 0.497 e. The molecule has 3 aromatic carbocycles. The first kappa shape index (κ1) is 26.6. The van der Waals surface area contributed by atoms with Crippen LogP contribution in [0, 0.1) is 0 Å². The van der Waals surface area contributed by atoms with Crippen molar-refractivity contribution in [2.24, 2.45) is 0 Å². The van der Waals surface area contributed by atoms with Gasteiger partial charge in [-0.1, -0.05) is 6.92 Å². The van der Waals surface area contributed by atoms with E-state index in [1.165, 1.54) is 11.1 Å². The van der Waals surface area contributed by atoms with E-state index in [-0.39, 0.29) is 0 Å². The number of benzene rings is 3. The Bertz CT molecular complexity index is 1420. The predicted molar refractivity (Wildman–Crippen MR) is 154 cm³/mol. The number of methoxy groups -OCH3 is 3. The summed E-state index contributed by atoms with van der Waals surface area (Å²) in [5, 5.41) is 0.932. The fourth-order valence-electron chi connectivity index (χ4n) is 4.93. The molecule has 7 heteroatoms. The molecule has 0 fully saturated rings. The van der Waals surface area contributed by atoms with Gasteiger partial charge in [0.2, 0.25) is 0 Å². The van der Waals surface area contributed by atoms with Crippen LogP contribution in [-0.2, 0) is 13.0 Å². The number of nitrogens with zero attached hydrogens (tertiary/aromatic N) is 2. The van der Waals surface area contributed by atoms with Gasteiger partial charge in [0.05, 0.1) is 39.1 Å². The van der Waals surface area contributed by atoms with Crippen molar-refractivity contribution in [3.8, 4) is 40.0 Å². The van der Waals surface area contributed by atoms with Crippen LogP contribution in [0.25, 0.3) is 22.2 Å². The lowest BCUT2D eigenvalue weighted by atomic mass is 9.99. The van der Waals surface area contributed by atoms with Crippen LogP contribution in [0.15, 0.2) is 60.7 Å². The van der Waals surface area contributed by atoms with Gasteiger partial charge in [-0.15, -0.1) is 0 Å². The lowest BCUT2D eigenvalue weighted by molar-refractivity contribution is 0.197. The first-order valence-corrected chi connectivity index (χ1v) is 13.4. The van der Waals surface area contributed by atoms with E-state index < -0.39 is 0 Å². The third-order valence-electron chi connectivity index (χ3n) is 7.06. The number of hydrogen-bond donors (Lipinski definition) is 0. The van der Waals surface area contributed by atoms with Gasteiger partial charge in [-0.3, -0.25) is 4.90 Å². The summed E-state index contributed by atoms with van der Waals surface area (Å²) in [7, 11) is 5.03. The third kappa shape index (κ3) is 6.04. The minimum atomic E-state index is 0.558. The van der Waals surface area contributed by atoms with Crippen LogP contribution in [0.1, 0.15) is 24.5 Å². The summed E-state index contributed by atoms with van der Waals surface area (Å²) in [6, 6.07) is 20.2. The Morgan fingerprint density at radius 1 is 0.744 bits per heavy atom. The summed E-state index contributed by atoms with van der Waals surface area (Å²) >= 11 is 0. The van der Waals surface area contributed by atoms with Crippen LogP contribution in [0.4, 0.5) is 0 Å². The molecule has 0 unspecified atom stereocenters. The zero-order valence-corrected chi connectivity index (χ0v) is 23.2. The highest BCUT2D eigenvalue weighted by Gasteiger charge is 2.20. The van der Waals surface area contributed by atoms with E-state index in [1.54, 1.807) is 21.3 Å². The number of pyridine rings is 1. The van der Waals surface area contributed by atoms with Crippen molar-refractivity contribution in [1.29, 1.82) is 0 Å². The SMILES string of the molecule is CCCOc1ccc(-c2cc(OCCN3CCc4cc(OC)c(OC)cc4C3)c3cc(OC)ccc3n2)cc1. The first-order valence-electron chi connectivity index (χ1n) is 13.4. The van der Waals surface area contributed by atoms with Crippen LogP contribution >= 0.6 is 0 Å². The van der Waals surface area contributed by atoms with Gasteiger partial charge in [0.1, 0.15) is 23.9 Å². The van der Waals surface area contributed by atoms with Gasteiger partial charge < -0.3 is 23.7 Å². The lowest BCUT2D eigenvalue weighted by Crippen LogP contribution is -2.33. The molecule has 204 valence electrons. The van der Waals surface area contributed by atoms with Gasteiger partial charge >= 0.3 is 0 Å². The molecule has 4 aromatic rings. The smallest absolute Gasteiger partial charge is 0.161 e. The topological polar surface area (TPSA) is 62.3 Å². The quantitative estimate of drug-likeness (QED) is 0.231. The van der Waals surface area contributed by atoms with Crippen LogP contribution in [0.2, 0.25) is 0 Å². The van der Waals surface area contributed by atoms with Crippen molar-refractivity contribution >= 4 is 10.9 Å². The Labute approximate surface area is 230 Å². The molecule has 0 spiro atoms. The van der Waals surface area contributed by atoms with Crippen LogP contribution in [-0.4, -0.2) is 57.5 Å². The number of rotatable bonds is 11. The molecule has 1 aliphatic heterocycles. The van der Waals surface area contributed by atoms with E-state index >= 15 is 0 Å². The highest BCUT2D eigenvalue weighted by molar-refractivity contribution is 5.89. The number of ether oxygens (including phenoxy) is 5. The molecule has 39 heavy (non-hydrogen) atoms. The fraction of sp³-hybridized carbons (Fsp3) is 0.344. The zero-order valence-electron chi connectivity index (χ0n) is 23.2. The highest BCUT2D eigenvalue weighted by Crippen LogP contribution is 2.35. The maximum Gasteiger partial charge on any atom is 0.161 e. The molecule has 2 heterocycles. The summed E-state index contributed by atoms with van der Waals surface area (Å²) in [6.07, 6.45) is 1.94. The molecule has 0 aliphatic carbocycles. The summed E-state index contributed by atoms with van der Waals surface area (Å²) in [4.78, 5) is 7.33.